The van der Waals surface area contributed by atoms with Gasteiger partial charge in [-0.15, -0.1) is 0 Å². The molecule has 0 heterocycles. The van der Waals surface area contributed by atoms with Gasteiger partial charge in [-0.2, -0.15) is 0 Å². The number of hydrogen-bond acceptors (Lipinski definition) is 1. The van der Waals surface area contributed by atoms with E-state index in [1.807, 2.05) is 0 Å². The minimum Gasteiger partial charge on any atom is -0.374 e. The first-order valence-electron chi connectivity index (χ1n) is 15.0. The van der Waals surface area contributed by atoms with Crippen molar-refractivity contribution >= 4 is 0 Å². The third-order valence-corrected chi connectivity index (χ3v) is 10.2. The molecule has 4 aliphatic rings. The summed E-state index contributed by atoms with van der Waals surface area (Å²) in [5.74, 6) is 6.85. The Balaban J connectivity index is 1.11. The molecule has 0 aliphatic heterocycles. The summed E-state index contributed by atoms with van der Waals surface area (Å²) in [6.45, 7) is 5.72. The van der Waals surface area contributed by atoms with Gasteiger partial charge in [0.2, 0.25) is 0 Å². The fourth-order valence-corrected chi connectivity index (χ4v) is 8.10. The van der Waals surface area contributed by atoms with Gasteiger partial charge in [-0.1, -0.05) is 77.4 Å². The molecule has 32 heavy (non-hydrogen) atoms. The van der Waals surface area contributed by atoms with Crippen molar-refractivity contribution in [2.45, 2.75) is 136 Å². The summed E-state index contributed by atoms with van der Waals surface area (Å²) in [7, 11) is 0. The van der Waals surface area contributed by atoms with Crippen LogP contribution in [-0.2, 0) is 4.74 Å². The fourth-order valence-electron chi connectivity index (χ4n) is 8.10. The molecule has 0 aromatic carbocycles. The molecule has 1 heteroatoms. The lowest BCUT2D eigenvalue weighted by atomic mass is 9.66. The van der Waals surface area contributed by atoms with E-state index in [0.717, 1.165) is 48.0 Å². The Morgan fingerprint density at radius 1 is 0.531 bits per heavy atom. The lowest BCUT2D eigenvalue weighted by Gasteiger charge is -2.40. The van der Waals surface area contributed by atoms with Crippen LogP contribution in [0, 0.1) is 41.4 Å². The second kappa shape index (κ2) is 13.0. The molecule has 1 nitrogen and oxygen atoms in total. The van der Waals surface area contributed by atoms with Crippen LogP contribution in [0.25, 0.3) is 0 Å². The van der Waals surface area contributed by atoms with Gasteiger partial charge in [0, 0.05) is 0 Å². The van der Waals surface area contributed by atoms with E-state index in [1.165, 1.54) is 103 Å². The van der Waals surface area contributed by atoms with Gasteiger partial charge in [0.15, 0.2) is 0 Å². The van der Waals surface area contributed by atoms with Gasteiger partial charge in [0.1, 0.15) is 0 Å². The minimum absolute atomic E-state index is 0.411. The Morgan fingerprint density at radius 2 is 1.03 bits per heavy atom. The van der Waals surface area contributed by atoms with Crippen LogP contribution in [0.15, 0.2) is 12.2 Å². The molecule has 3 saturated carbocycles. The number of allylic oxidation sites excluding steroid dienone is 1. The van der Waals surface area contributed by atoms with E-state index in [1.54, 1.807) is 12.8 Å². The molecule has 0 bridgehead atoms. The van der Waals surface area contributed by atoms with Gasteiger partial charge < -0.3 is 4.74 Å². The highest BCUT2D eigenvalue weighted by Gasteiger charge is 2.33. The predicted octanol–water partition coefficient (Wildman–Crippen LogP) is 9.36. The second-order valence-corrected chi connectivity index (χ2v) is 12.4. The van der Waals surface area contributed by atoms with Gasteiger partial charge in [0.05, 0.1) is 12.7 Å². The van der Waals surface area contributed by atoms with Crippen LogP contribution in [-0.4, -0.2) is 12.7 Å². The smallest absolute Gasteiger partial charge is 0.0756 e. The standard InChI is InChI=1S/C31H54O/c1-3-5-24-7-9-26(10-8-24)23-32-31-21-19-30(20-22-31)29-17-15-28(16-18-29)27-13-11-25(6-4-2)12-14-27/h19,21,24-31H,3-18,20,22-23H2,1-2H3. The minimum atomic E-state index is 0.411. The van der Waals surface area contributed by atoms with Crippen molar-refractivity contribution in [2.24, 2.45) is 41.4 Å². The first-order valence-corrected chi connectivity index (χ1v) is 15.0. The van der Waals surface area contributed by atoms with Crippen molar-refractivity contribution in [1.29, 1.82) is 0 Å². The SMILES string of the molecule is CCCC1CCC(COC2C=CC(C3CCC(C4CCC(CCC)CC4)CC3)CC2)CC1. The Kier molecular flexibility index (Phi) is 10.1. The molecule has 0 spiro atoms. The highest BCUT2D eigenvalue weighted by atomic mass is 16.5. The van der Waals surface area contributed by atoms with E-state index in [-0.39, 0.29) is 0 Å². The fraction of sp³-hybridized carbons (Fsp3) is 0.935. The number of ether oxygens (including phenoxy) is 1. The van der Waals surface area contributed by atoms with Crippen LogP contribution in [0.4, 0.5) is 0 Å². The summed E-state index contributed by atoms with van der Waals surface area (Å²) < 4.78 is 6.39. The molecular weight excluding hydrogens is 388 g/mol. The highest BCUT2D eigenvalue weighted by molar-refractivity contribution is 5.02. The van der Waals surface area contributed by atoms with Crippen LogP contribution in [0.5, 0.6) is 0 Å². The molecule has 2 unspecified atom stereocenters. The van der Waals surface area contributed by atoms with Gasteiger partial charge in [-0.05, 0) is 106 Å². The summed E-state index contributed by atoms with van der Waals surface area (Å²) in [5, 5.41) is 0. The lowest BCUT2D eigenvalue weighted by Crippen LogP contribution is -2.29. The Labute approximate surface area is 200 Å². The third kappa shape index (κ3) is 7.10. The molecule has 0 saturated heterocycles. The van der Waals surface area contributed by atoms with E-state index in [0.29, 0.717) is 6.10 Å². The van der Waals surface area contributed by atoms with Gasteiger partial charge in [-0.25, -0.2) is 0 Å². The Bertz CT molecular complexity index is 529. The maximum Gasteiger partial charge on any atom is 0.0756 e. The molecule has 0 amide bonds. The first kappa shape index (κ1) is 24.8. The third-order valence-electron chi connectivity index (χ3n) is 10.2. The van der Waals surface area contributed by atoms with Crippen molar-refractivity contribution in [1.82, 2.24) is 0 Å². The summed E-state index contributed by atoms with van der Waals surface area (Å²) >= 11 is 0. The van der Waals surface area contributed by atoms with E-state index < -0.39 is 0 Å². The molecule has 184 valence electrons. The predicted molar refractivity (Wildman–Crippen MR) is 138 cm³/mol. The zero-order valence-electron chi connectivity index (χ0n) is 21.6. The molecule has 4 rings (SSSR count). The summed E-state index contributed by atoms with van der Waals surface area (Å²) in [6, 6.07) is 0. The Hall–Kier alpha value is -0.300. The number of hydrogen-bond donors (Lipinski definition) is 0. The van der Waals surface area contributed by atoms with Crippen molar-refractivity contribution in [3.63, 3.8) is 0 Å². The van der Waals surface area contributed by atoms with Gasteiger partial charge in [0.25, 0.3) is 0 Å². The molecular formula is C31H54O. The molecule has 3 fully saturated rings. The highest BCUT2D eigenvalue weighted by Crippen LogP contribution is 2.45. The average Bonchev–Trinajstić information content (AvgIpc) is 2.85. The van der Waals surface area contributed by atoms with Crippen molar-refractivity contribution < 1.29 is 4.74 Å². The molecule has 0 aromatic rings. The van der Waals surface area contributed by atoms with E-state index in [4.69, 9.17) is 4.74 Å². The van der Waals surface area contributed by atoms with Crippen LogP contribution < -0.4 is 0 Å². The van der Waals surface area contributed by atoms with Crippen molar-refractivity contribution in [3.8, 4) is 0 Å². The zero-order chi connectivity index (χ0) is 22.2. The summed E-state index contributed by atoms with van der Waals surface area (Å²) in [4.78, 5) is 0. The van der Waals surface area contributed by atoms with E-state index >= 15 is 0 Å². The molecule has 0 radical (unpaired) electrons. The van der Waals surface area contributed by atoms with Crippen molar-refractivity contribution in [3.05, 3.63) is 12.2 Å². The van der Waals surface area contributed by atoms with Crippen LogP contribution >= 0.6 is 0 Å². The molecule has 0 N–H and O–H groups in total. The molecule has 0 aromatic heterocycles. The van der Waals surface area contributed by atoms with Crippen LogP contribution in [0.3, 0.4) is 0 Å². The molecule has 4 aliphatic carbocycles. The van der Waals surface area contributed by atoms with Crippen molar-refractivity contribution in [2.75, 3.05) is 6.61 Å². The zero-order valence-corrected chi connectivity index (χ0v) is 21.6. The van der Waals surface area contributed by atoms with E-state index in [2.05, 4.69) is 26.0 Å². The van der Waals surface area contributed by atoms with Crippen LogP contribution in [0.2, 0.25) is 0 Å². The number of rotatable bonds is 9. The van der Waals surface area contributed by atoms with Gasteiger partial charge in [-0.3, -0.25) is 0 Å². The normalized spacial score (nSPS) is 40.9. The summed E-state index contributed by atoms with van der Waals surface area (Å²) in [6.07, 6.45) is 31.7. The quantitative estimate of drug-likeness (QED) is 0.323. The van der Waals surface area contributed by atoms with Gasteiger partial charge >= 0.3 is 0 Å². The monoisotopic (exact) mass is 442 g/mol. The maximum atomic E-state index is 6.39. The first-order chi connectivity index (χ1) is 15.7. The second-order valence-electron chi connectivity index (χ2n) is 12.4. The lowest BCUT2D eigenvalue weighted by molar-refractivity contribution is 0.0281. The van der Waals surface area contributed by atoms with E-state index in [9.17, 15) is 0 Å². The topological polar surface area (TPSA) is 9.23 Å². The maximum absolute atomic E-state index is 6.39. The average molecular weight is 443 g/mol. The summed E-state index contributed by atoms with van der Waals surface area (Å²) in [5.41, 5.74) is 0. The Morgan fingerprint density at radius 3 is 1.56 bits per heavy atom. The molecule has 2 atom stereocenters. The largest absolute Gasteiger partial charge is 0.374 e. The van der Waals surface area contributed by atoms with Crippen LogP contribution in [0.1, 0.15) is 129 Å².